The van der Waals surface area contributed by atoms with E-state index in [4.69, 9.17) is 15.6 Å². The molecule has 0 spiro atoms. The molecule has 0 unspecified atom stereocenters. The smallest absolute Gasteiger partial charge is 0.407 e. The maximum Gasteiger partial charge on any atom is 0.407 e. The first kappa shape index (κ1) is 19.3. The number of carboxylic acids is 1. The van der Waals surface area contributed by atoms with Gasteiger partial charge in [0.05, 0.1) is 0 Å². The van der Waals surface area contributed by atoms with E-state index in [1.807, 2.05) is 48.5 Å². The number of primary amides is 1. The Balaban J connectivity index is 1.67. The van der Waals surface area contributed by atoms with Crippen molar-refractivity contribution in [2.75, 3.05) is 6.61 Å². The first-order valence-corrected chi connectivity index (χ1v) is 8.66. The summed E-state index contributed by atoms with van der Waals surface area (Å²) in [7, 11) is 0. The predicted molar refractivity (Wildman–Crippen MR) is 98.3 cm³/mol. The lowest BCUT2D eigenvalue weighted by Crippen LogP contribution is -2.44. The molecule has 2 aromatic carbocycles. The number of halogens is 1. The first-order chi connectivity index (χ1) is 13.4. The van der Waals surface area contributed by atoms with Gasteiger partial charge in [-0.1, -0.05) is 48.5 Å². The van der Waals surface area contributed by atoms with E-state index >= 15 is 0 Å². The number of amides is 2. The number of carboxylic acid groups (broad SMARTS) is 1. The van der Waals surface area contributed by atoms with Crippen LogP contribution in [0.1, 0.15) is 23.5 Å². The second kappa shape index (κ2) is 8.08. The molecule has 2 aromatic rings. The molecule has 0 aliphatic heterocycles. The number of nitrogens with two attached hydrogens (primary N) is 1. The van der Waals surface area contributed by atoms with Crippen LogP contribution in [-0.2, 0) is 14.3 Å². The molecule has 1 aliphatic carbocycles. The highest BCUT2D eigenvalue weighted by Gasteiger charge is 2.31. The number of ether oxygens (including phenoxy) is 1. The van der Waals surface area contributed by atoms with Crippen molar-refractivity contribution in [3.8, 4) is 11.1 Å². The summed E-state index contributed by atoms with van der Waals surface area (Å²) in [5.41, 5.74) is 8.91. The maximum absolute atomic E-state index is 13.4. The van der Waals surface area contributed by atoms with Crippen LogP contribution in [0.4, 0.5) is 9.18 Å². The lowest BCUT2D eigenvalue weighted by atomic mass is 9.98. The lowest BCUT2D eigenvalue weighted by molar-refractivity contribution is -0.140. The van der Waals surface area contributed by atoms with E-state index in [1.165, 1.54) is 0 Å². The van der Waals surface area contributed by atoms with Crippen LogP contribution in [0.5, 0.6) is 0 Å². The molecule has 28 heavy (non-hydrogen) atoms. The third-order valence-corrected chi connectivity index (χ3v) is 4.69. The Morgan fingerprint density at radius 2 is 1.61 bits per heavy atom. The number of carbonyl (C=O) groups is 3. The number of fused-ring (bicyclic) bond motifs is 3. The molecule has 1 aliphatic rings. The van der Waals surface area contributed by atoms with Gasteiger partial charge in [-0.05, 0) is 22.3 Å². The van der Waals surface area contributed by atoms with Crippen molar-refractivity contribution in [3.63, 3.8) is 0 Å². The standard InChI is InChI=1S/C20H19FN2O5/c21-16(18(22)24)9-17(19(25)26)23-20(27)28-10-15-13-7-3-1-5-11(13)12-6-2-4-8-14(12)15/h1-8,15-17H,9-10H2,(H2,22,24)(H,23,27)(H,25,26)/t16-,17-/m0/s1. The minimum absolute atomic E-state index is 0.0128. The number of alkyl carbamates (subject to hydrolysis) is 1. The van der Waals surface area contributed by atoms with Crippen molar-refractivity contribution in [2.24, 2.45) is 5.73 Å². The highest BCUT2D eigenvalue weighted by molar-refractivity contribution is 5.83. The molecule has 4 N–H and O–H groups in total. The van der Waals surface area contributed by atoms with Crippen LogP contribution < -0.4 is 11.1 Å². The molecule has 0 saturated heterocycles. The van der Waals surface area contributed by atoms with Gasteiger partial charge in [-0.15, -0.1) is 0 Å². The van der Waals surface area contributed by atoms with Crippen molar-refractivity contribution in [2.45, 2.75) is 24.6 Å². The topological polar surface area (TPSA) is 119 Å². The number of hydrogen-bond acceptors (Lipinski definition) is 4. The van der Waals surface area contributed by atoms with Gasteiger partial charge in [-0.3, -0.25) is 4.79 Å². The SMILES string of the molecule is NC(=O)[C@@H](F)C[C@H](NC(=O)OCC1c2ccccc2-c2ccccc21)C(=O)O. The molecule has 0 saturated carbocycles. The number of alkyl halides is 1. The molecular formula is C20H19FN2O5. The summed E-state index contributed by atoms with van der Waals surface area (Å²) in [6.45, 7) is -0.0128. The molecule has 7 nitrogen and oxygen atoms in total. The highest BCUT2D eigenvalue weighted by Crippen LogP contribution is 2.44. The first-order valence-electron chi connectivity index (χ1n) is 8.66. The monoisotopic (exact) mass is 386 g/mol. The van der Waals surface area contributed by atoms with Gasteiger partial charge in [0.1, 0.15) is 12.6 Å². The second-order valence-electron chi connectivity index (χ2n) is 6.47. The van der Waals surface area contributed by atoms with Crippen molar-refractivity contribution in [1.82, 2.24) is 5.32 Å². The van der Waals surface area contributed by atoms with Gasteiger partial charge in [0.2, 0.25) is 0 Å². The van der Waals surface area contributed by atoms with E-state index in [0.717, 1.165) is 22.3 Å². The van der Waals surface area contributed by atoms with E-state index in [-0.39, 0.29) is 12.5 Å². The minimum atomic E-state index is -2.19. The summed E-state index contributed by atoms with van der Waals surface area (Å²) in [6.07, 6.45) is -3.96. The third kappa shape index (κ3) is 3.95. The van der Waals surface area contributed by atoms with Crippen molar-refractivity contribution in [3.05, 3.63) is 59.7 Å². The quantitative estimate of drug-likeness (QED) is 0.674. The van der Waals surface area contributed by atoms with Crippen molar-refractivity contribution in [1.29, 1.82) is 0 Å². The van der Waals surface area contributed by atoms with Gasteiger partial charge in [0.25, 0.3) is 5.91 Å². The van der Waals surface area contributed by atoms with E-state index < -0.39 is 36.6 Å². The zero-order chi connectivity index (χ0) is 20.3. The van der Waals surface area contributed by atoms with Crippen LogP contribution >= 0.6 is 0 Å². The van der Waals surface area contributed by atoms with Gasteiger partial charge < -0.3 is 20.9 Å². The normalized spacial score (nSPS) is 14.5. The number of benzene rings is 2. The average Bonchev–Trinajstić information content (AvgIpc) is 2.99. The number of nitrogens with one attached hydrogen (secondary N) is 1. The van der Waals surface area contributed by atoms with Gasteiger partial charge >= 0.3 is 12.1 Å². The molecular weight excluding hydrogens is 367 g/mol. The maximum atomic E-state index is 13.4. The van der Waals surface area contributed by atoms with Crippen LogP contribution in [-0.4, -0.2) is 41.9 Å². The Morgan fingerprint density at radius 1 is 1.07 bits per heavy atom. The largest absolute Gasteiger partial charge is 0.480 e. The van der Waals surface area contributed by atoms with Crippen LogP contribution in [0, 0.1) is 0 Å². The third-order valence-electron chi connectivity index (χ3n) is 4.69. The summed E-state index contributed by atoms with van der Waals surface area (Å²) >= 11 is 0. The fourth-order valence-electron chi connectivity index (χ4n) is 3.33. The Morgan fingerprint density at radius 3 is 2.11 bits per heavy atom. The van der Waals surface area contributed by atoms with E-state index in [1.54, 1.807) is 0 Å². The molecule has 0 aromatic heterocycles. The molecule has 0 bridgehead atoms. The molecule has 8 heteroatoms. The number of hydrogen-bond donors (Lipinski definition) is 3. The summed E-state index contributed by atoms with van der Waals surface area (Å²) < 4.78 is 18.6. The van der Waals surface area contributed by atoms with Crippen molar-refractivity contribution < 1.29 is 28.6 Å². The van der Waals surface area contributed by atoms with Gasteiger partial charge in [-0.25, -0.2) is 14.0 Å². The van der Waals surface area contributed by atoms with Gasteiger partial charge in [-0.2, -0.15) is 0 Å². The number of aliphatic carboxylic acids is 1. The second-order valence-corrected chi connectivity index (χ2v) is 6.47. The van der Waals surface area contributed by atoms with E-state index in [0.29, 0.717) is 0 Å². The molecule has 146 valence electrons. The Bertz CT molecular complexity index is 871. The van der Waals surface area contributed by atoms with Gasteiger partial charge in [0, 0.05) is 12.3 Å². The van der Waals surface area contributed by atoms with Gasteiger partial charge in [0.15, 0.2) is 6.17 Å². The number of rotatable bonds is 7. The molecule has 2 atom stereocenters. The summed E-state index contributed by atoms with van der Waals surface area (Å²) in [5, 5.41) is 11.2. The Hall–Kier alpha value is -3.42. The average molecular weight is 386 g/mol. The highest BCUT2D eigenvalue weighted by atomic mass is 19.1. The molecule has 2 amide bonds. The Kier molecular flexibility index (Phi) is 5.58. The fraction of sp³-hybridized carbons (Fsp3) is 0.250. The lowest BCUT2D eigenvalue weighted by Gasteiger charge is -2.18. The Labute approximate surface area is 160 Å². The zero-order valence-electron chi connectivity index (χ0n) is 14.8. The summed E-state index contributed by atoms with van der Waals surface area (Å²) in [5.74, 6) is -2.97. The predicted octanol–water partition coefficient (Wildman–Crippen LogP) is 2.19. The van der Waals surface area contributed by atoms with Crippen LogP contribution in [0.3, 0.4) is 0 Å². The summed E-state index contributed by atoms with van der Waals surface area (Å²) in [4.78, 5) is 34.0. The molecule has 0 heterocycles. The molecule has 3 rings (SSSR count). The van der Waals surface area contributed by atoms with Crippen LogP contribution in [0.15, 0.2) is 48.5 Å². The van der Waals surface area contributed by atoms with E-state index in [9.17, 15) is 18.8 Å². The zero-order valence-corrected chi connectivity index (χ0v) is 14.8. The van der Waals surface area contributed by atoms with E-state index in [2.05, 4.69) is 5.32 Å². The number of carbonyl (C=O) groups excluding carboxylic acids is 2. The molecule has 0 fully saturated rings. The molecule has 0 radical (unpaired) electrons. The fourth-order valence-corrected chi connectivity index (χ4v) is 3.33. The van der Waals surface area contributed by atoms with Crippen LogP contribution in [0.2, 0.25) is 0 Å². The summed E-state index contributed by atoms with van der Waals surface area (Å²) in [6, 6.07) is 13.9. The van der Waals surface area contributed by atoms with Crippen LogP contribution in [0.25, 0.3) is 11.1 Å². The van der Waals surface area contributed by atoms with Crippen molar-refractivity contribution >= 4 is 18.0 Å². The minimum Gasteiger partial charge on any atom is -0.480 e.